The first kappa shape index (κ1) is 14.3. The number of nitrogens with zero attached hydrogens (tertiary/aromatic N) is 2. The number of aromatic nitrogens is 2. The lowest BCUT2D eigenvalue weighted by Crippen LogP contribution is -2.19. The van der Waals surface area contributed by atoms with E-state index in [1.807, 2.05) is 18.2 Å². The van der Waals surface area contributed by atoms with Gasteiger partial charge in [0.1, 0.15) is 0 Å². The number of carbonyl (C=O) groups is 1. The molecule has 2 rings (SSSR count). The van der Waals surface area contributed by atoms with Crippen molar-refractivity contribution in [2.24, 2.45) is 25.6 Å². The standard InChI is InChI=1S/C14H20N4O2/c1-17-11-7-6-9(8-12(11)18(2)14(17)20)10(15)4-3-5-13(16)19/h6-8,10H,3-5,15H2,1-2H3,(H2,16,19). The molecule has 0 spiro atoms. The van der Waals surface area contributed by atoms with Gasteiger partial charge in [0.15, 0.2) is 0 Å². The van der Waals surface area contributed by atoms with Crippen molar-refractivity contribution in [2.45, 2.75) is 25.3 Å². The molecule has 0 aliphatic rings. The van der Waals surface area contributed by atoms with E-state index in [4.69, 9.17) is 11.5 Å². The predicted molar refractivity (Wildman–Crippen MR) is 78.1 cm³/mol. The van der Waals surface area contributed by atoms with Crippen LogP contribution in [0, 0.1) is 0 Å². The number of carbonyl (C=O) groups excluding carboxylic acids is 1. The fourth-order valence-electron chi connectivity index (χ4n) is 2.42. The van der Waals surface area contributed by atoms with Crippen molar-refractivity contribution in [3.8, 4) is 0 Å². The Labute approximate surface area is 117 Å². The second-order valence-corrected chi connectivity index (χ2v) is 5.11. The molecule has 1 amide bonds. The second-order valence-electron chi connectivity index (χ2n) is 5.11. The summed E-state index contributed by atoms with van der Waals surface area (Å²) in [4.78, 5) is 22.6. The minimum absolute atomic E-state index is 0.0561. The molecule has 2 aromatic rings. The Kier molecular flexibility index (Phi) is 3.94. The van der Waals surface area contributed by atoms with Crippen LogP contribution in [0.4, 0.5) is 0 Å². The maximum Gasteiger partial charge on any atom is 0.328 e. The maximum atomic E-state index is 11.9. The van der Waals surface area contributed by atoms with Gasteiger partial charge in [-0.15, -0.1) is 0 Å². The average molecular weight is 276 g/mol. The molecular weight excluding hydrogens is 256 g/mol. The number of primary amides is 1. The van der Waals surface area contributed by atoms with E-state index in [-0.39, 0.29) is 17.6 Å². The van der Waals surface area contributed by atoms with Gasteiger partial charge in [-0.2, -0.15) is 0 Å². The number of fused-ring (bicyclic) bond motifs is 1. The molecule has 1 aromatic heterocycles. The molecule has 0 radical (unpaired) electrons. The smallest absolute Gasteiger partial charge is 0.328 e. The van der Waals surface area contributed by atoms with Crippen molar-refractivity contribution in [2.75, 3.05) is 0 Å². The molecule has 0 saturated carbocycles. The van der Waals surface area contributed by atoms with Crippen LogP contribution in [0.25, 0.3) is 11.0 Å². The summed E-state index contributed by atoms with van der Waals surface area (Å²) in [6.07, 6.45) is 1.71. The first-order valence-corrected chi connectivity index (χ1v) is 6.61. The minimum Gasteiger partial charge on any atom is -0.370 e. The summed E-state index contributed by atoms with van der Waals surface area (Å²) < 4.78 is 3.21. The van der Waals surface area contributed by atoms with Crippen LogP contribution < -0.4 is 17.2 Å². The molecular formula is C14H20N4O2. The number of benzene rings is 1. The number of hydrogen-bond donors (Lipinski definition) is 2. The van der Waals surface area contributed by atoms with E-state index in [0.717, 1.165) is 16.6 Å². The van der Waals surface area contributed by atoms with E-state index in [2.05, 4.69) is 0 Å². The Morgan fingerprint density at radius 2 is 1.90 bits per heavy atom. The zero-order valence-electron chi connectivity index (χ0n) is 11.8. The zero-order chi connectivity index (χ0) is 14.9. The molecule has 1 aromatic carbocycles. The molecule has 0 aliphatic carbocycles. The molecule has 0 saturated heterocycles. The monoisotopic (exact) mass is 276 g/mol. The quantitative estimate of drug-likeness (QED) is 0.833. The van der Waals surface area contributed by atoms with Crippen LogP contribution in [0.5, 0.6) is 0 Å². The van der Waals surface area contributed by atoms with E-state index < -0.39 is 0 Å². The number of nitrogens with two attached hydrogens (primary N) is 2. The van der Waals surface area contributed by atoms with Crippen molar-refractivity contribution in [3.05, 3.63) is 34.2 Å². The predicted octanol–water partition coefficient (Wildman–Crippen LogP) is 0.532. The van der Waals surface area contributed by atoms with Crippen LogP contribution in [-0.2, 0) is 18.9 Å². The number of amides is 1. The number of rotatable bonds is 5. The summed E-state index contributed by atoms with van der Waals surface area (Å²) in [5, 5.41) is 0. The third-order valence-electron chi connectivity index (χ3n) is 3.66. The van der Waals surface area contributed by atoms with Crippen molar-refractivity contribution < 1.29 is 4.79 Å². The first-order chi connectivity index (χ1) is 9.41. The Balaban J connectivity index is 2.25. The molecule has 0 bridgehead atoms. The van der Waals surface area contributed by atoms with Gasteiger partial charge >= 0.3 is 5.69 Å². The van der Waals surface area contributed by atoms with Crippen molar-refractivity contribution >= 4 is 16.9 Å². The van der Waals surface area contributed by atoms with Gasteiger partial charge in [-0.25, -0.2) is 4.79 Å². The summed E-state index contributed by atoms with van der Waals surface area (Å²) in [5.74, 6) is -0.307. The lowest BCUT2D eigenvalue weighted by Gasteiger charge is -2.12. The van der Waals surface area contributed by atoms with Crippen LogP contribution in [0.1, 0.15) is 30.9 Å². The highest BCUT2D eigenvalue weighted by Gasteiger charge is 2.12. The van der Waals surface area contributed by atoms with Gasteiger partial charge in [-0.05, 0) is 30.5 Å². The molecule has 1 heterocycles. The van der Waals surface area contributed by atoms with Gasteiger partial charge in [0, 0.05) is 26.6 Å². The highest BCUT2D eigenvalue weighted by atomic mass is 16.2. The number of aryl methyl sites for hydroxylation is 2. The fourth-order valence-corrected chi connectivity index (χ4v) is 2.42. The molecule has 0 aliphatic heterocycles. The molecule has 0 fully saturated rings. The zero-order valence-corrected chi connectivity index (χ0v) is 11.8. The van der Waals surface area contributed by atoms with Crippen LogP contribution in [0.3, 0.4) is 0 Å². The molecule has 6 heteroatoms. The van der Waals surface area contributed by atoms with E-state index in [9.17, 15) is 9.59 Å². The summed E-state index contributed by atoms with van der Waals surface area (Å²) in [7, 11) is 3.49. The lowest BCUT2D eigenvalue weighted by molar-refractivity contribution is -0.118. The number of hydrogen-bond acceptors (Lipinski definition) is 3. The normalized spacial score (nSPS) is 12.8. The molecule has 1 atom stereocenters. The van der Waals surface area contributed by atoms with Gasteiger partial charge in [-0.3, -0.25) is 13.9 Å². The summed E-state index contributed by atoms with van der Waals surface area (Å²) >= 11 is 0. The van der Waals surface area contributed by atoms with Crippen LogP contribution in [0.2, 0.25) is 0 Å². The SMILES string of the molecule is Cn1c(=O)n(C)c2cc(C(N)CCCC(N)=O)ccc21. The Morgan fingerprint density at radius 1 is 1.25 bits per heavy atom. The van der Waals surface area contributed by atoms with Gasteiger partial charge < -0.3 is 11.5 Å². The molecule has 1 unspecified atom stereocenters. The highest BCUT2D eigenvalue weighted by molar-refractivity contribution is 5.77. The molecule has 4 N–H and O–H groups in total. The van der Waals surface area contributed by atoms with Crippen LogP contribution >= 0.6 is 0 Å². The first-order valence-electron chi connectivity index (χ1n) is 6.61. The summed E-state index contributed by atoms with van der Waals surface area (Å²) in [6.45, 7) is 0. The Bertz CT molecular complexity index is 699. The topological polar surface area (TPSA) is 96.0 Å². The minimum atomic E-state index is -0.307. The lowest BCUT2D eigenvalue weighted by atomic mass is 10.0. The number of imidazole rings is 1. The molecule has 6 nitrogen and oxygen atoms in total. The van der Waals surface area contributed by atoms with E-state index in [0.29, 0.717) is 19.3 Å². The van der Waals surface area contributed by atoms with Crippen molar-refractivity contribution in [1.29, 1.82) is 0 Å². The average Bonchev–Trinajstić information content (AvgIpc) is 2.63. The molecule has 20 heavy (non-hydrogen) atoms. The summed E-state index contributed by atoms with van der Waals surface area (Å²) in [5.41, 5.74) is 13.9. The van der Waals surface area contributed by atoms with Gasteiger partial charge in [0.25, 0.3) is 0 Å². The van der Waals surface area contributed by atoms with Crippen LogP contribution in [0.15, 0.2) is 23.0 Å². The molecule has 108 valence electrons. The fraction of sp³-hybridized carbons (Fsp3) is 0.429. The van der Waals surface area contributed by atoms with Crippen molar-refractivity contribution in [3.63, 3.8) is 0 Å². The second kappa shape index (κ2) is 5.50. The van der Waals surface area contributed by atoms with Gasteiger partial charge in [-0.1, -0.05) is 6.07 Å². The third kappa shape index (κ3) is 2.60. The largest absolute Gasteiger partial charge is 0.370 e. The Hall–Kier alpha value is -2.08. The van der Waals surface area contributed by atoms with E-state index in [1.165, 1.54) is 0 Å². The maximum absolute atomic E-state index is 11.9. The van der Waals surface area contributed by atoms with E-state index >= 15 is 0 Å². The highest BCUT2D eigenvalue weighted by Crippen LogP contribution is 2.21. The van der Waals surface area contributed by atoms with Gasteiger partial charge in [0.2, 0.25) is 5.91 Å². The van der Waals surface area contributed by atoms with E-state index in [1.54, 1.807) is 23.2 Å². The third-order valence-corrected chi connectivity index (χ3v) is 3.66. The van der Waals surface area contributed by atoms with Crippen LogP contribution in [-0.4, -0.2) is 15.0 Å². The van der Waals surface area contributed by atoms with Crippen molar-refractivity contribution in [1.82, 2.24) is 9.13 Å². The van der Waals surface area contributed by atoms with Gasteiger partial charge in [0.05, 0.1) is 11.0 Å². The summed E-state index contributed by atoms with van der Waals surface area (Å²) in [6, 6.07) is 5.61. The Morgan fingerprint density at radius 3 is 2.55 bits per heavy atom.